The van der Waals surface area contributed by atoms with E-state index < -0.39 is 0 Å². The van der Waals surface area contributed by atoms with Crippen molar-refractivity contribution < 1.29 is 9.53 Å². The van der Waals surface area contributed by atoms with Crippen molar-refractivity contribution in [3.63, 3.8) is 0 Å². The fourth-order valence-corrected chi connectivity index (χ4v) is 3.19. The number of rotatable bonds is 4. The number of benzene rings is 1. The SMILES string of the molecule is Cc1cccc(OC2CCN(C(=O)Cn3cnc4ccccc43)C2)n1. The molecule has 3 aromatic rings. The third kappa shape index (κ3) is 3.33. The van der Waals surface area contributed by atoms with Crippen molar-refractivity contribution in [2.24, 2.45) is 0 Å². The summed E-state index contributed by atoms with van der Waals surface area (Å²) in [6.07, 6.45) is 2.55. The lowest BCUT2D eigenvalue weighted by molar-refractivity contribution is -0.131. The van der Waals surface area contributed by atoms with Gasteiger partial charge in [0.15, 0.2) is 0 Å². The highest BCUT2D eigenvalue weighted by atomic mass is 16.5. The molecule has 6 nitrogen and oxygen atoms in total. The second-order valence-electron chi connectivity index (χ2n) is 6.35. The van der Waals surface area contributed by atoms with Crippen LogP contribution >= 0.6 is 0 Å². The molecule has 0 bridgehead atoms. The van der Waals surface area contributed by atoms with Crippen molar-refractivity contribution in [1.29, 1.82) is 0 Å². The summed E-state index contributed by atoms with van der Waals surface area (Å²) < 4.78 is 7.81. The van der Waals surface area contributed by atoms with Crippen molar-refractivity contribution in [1.82, 2.24) is 19.4 Å². The van der Waals surface area contributed by atoms with Crippen LogP contribution in [0.25, 0.3) is 11.0 Å². The normalized spacial score (nSPS) is 17.2. The molecule has 25 heavy (non-hydrogen) atoms. The Balaban J connectivity index is 1.39. The average Bonchev–Trinajstić information content (AvgIpc) is 3.23. The van der Waals surface area contributed by atoms with Gasteiger partial charge in [-0.05, 0) is 25.1 Å². The number of pyridine rings is 1. The van der Waals surface area contributed by atoms with E-state index in [1.807, 2.05) is 58.9 Å². The number of aryl methyl sites for hydroxylation is 1. The van der Waals surface area contributed by atoms with E-state index in [0.29, 0.717) is 25.5 Å². The number of para-hydroxylation sites is 2. The van der Waals surface area contributed by atoms with Crippen LogP contribution in [0.1, 0.15) is 12.1 Å². The molecule has 0 saturated carbocycles. The zero-order chi connectivity index (χ0) is 17.2. The van der Waals surface area contributed by atoms with Crippen molar-refractivity contribution in [3.8, 4) is 5.88 Å². The number of aromatic nitrogens is 3. The predicted molar refractivity (Wildman–Crippen MR) is 94.3 cm³/mol. The van der Waals surface area contributed by atoms with Gasteiger partial charge >= 0.3 is 0 Å². The zero-order valence-electron chi connectivity index (χ0n) is 14.1. The van der Waals surface area contributed by atoms with Crippen LogP contribution in [0.3, 0.4) is 0 Å². The number of carbonyl (C=O) groups excluding carboxylic acids is 1. The number of nitrogens with zero attached hydrogens (tertiary/aromatic N) is 4. The second kappa shape index (κ2) is 6.55. The number of hydrogen-bond donors (Lipinski definition) is 0. The van der Waals surface area contributed by atoms with Crippen LogP contribution in [-0.2, 0) is 11.3 Å². The Labute approximate surface area is 146 Å². The summed E-state index contributed by atoms with van der Waals surface area (Å²) in [4.78, 5) is 23.2. The van der Waals surface area contributed by atoms with E-state index in [9.17, 15) is 4.79 Å². The Hall–Kier alpha value is -2.89. The second-order valence-corrected chi connectivity index (χ2v) is 6.35. The quantitative estimate of drug-likeness (QED) is 0.734. The van der Waals surface area contributed by atoms with Gasteiger partial charge in [0.1, 0.15) is 12.6 Å². The molecule has 1 saturated heterocycles. The van der Waals surface area contributed by atoms with Crippen LogP contribution in [0.15, 0.2) is 48.8 Å². The molecule has 3 heterocycles. The first kappa shape index (κ1) is 15.6. The third-order valence-electron chi connectivity index (χ3n) is 4.48. The number of ether oxygens (including phenoxy) is 1. The molecule has 2 aromatic heterocycles. The molecule has 6 heteroatoms. The summed E-state index contributed by atoms with van der Waals surface area (Å²) in [5, 5.41) is 0. The molecule has 1 amide bonds. The van der Waals surface area contributed by atoms with Gasteiger partial charge in [-0.25, -0.2) is 9.97 Å². The van der Waals surface area contributed by atoms with Crippen molar-refractivity contribution in [3.05, 3.63) is 54.5 Å². The van der Waals surface area contributed by atoms with Gasteiger partial charge in [-0.15, -0.1) is 0 Å². The van der Waals surface area contributed by atoms with E-state index in [1.54, 1.807) is 6.33 Å². The summed E-state index contributed by atoms with van der Waals surface area (Å²) >= 11 is 0. The molecule has 0 N–H and O–H groups in total. The molecule has 1 fully saturated rings. The topological polar surface area (TPSA) is 60.2 Å². The van der Waals surface area contributed by atoms with Gasteiger partial charge in [0.2, 0.25) is 11.8 Å². The first-order chi connectivity index (χ1) is 12.2. The Bertz CT molecular complexity index is 905. The molecule has 4 rings (SSSR count). The summed E-state index contributed by atoms with van der Waals surface area (Å²) in [5.41, 5.74) is 2.81. The number of hydrogen-bond acceptors (Lipinski definition) is 4. The van der Waals surface area contributed by atoms with Gasteiger partial charge in [-0.2, -0.15) is 0 Å². The Morgan fingerprint density at radius 1 is 1.24 bits per heavy atom. The number of amides is 1. The van der Waals surface area contributed by atoms with E-state index in [-0.39, 0.29) is 12.0 Å². The van der Waals surface area contributed by atoms with E-state index in [0.717, 1.165) is 23.1 Å². The molecule has 1 aliphatic rings. The van der Waals surface area contributed by atoms with Crippen LogP contribution in [0.2, 0.25) is 0 Å². The molecule has 1 unspecified atom stereocenters. The lowest BCUT2D eigenvalue weighted by atomic mass is 10.3. The Morgan fingerprint density at radius 3 is 3.00 bits per heavy atom. The number of imidazole rings is 1. The Morgan fingerprint density at radius 2 is 2.12 bits per heavy atom. The predicted octanol–water partition coefficient (Wildman–Crippen LogP) is 2.42. The maximum Gasteiger partial charge on any atom is 0.242 e. The lowest BCUT2D eigenvalue weighted by Gasteiger charge is -2.17. The van der Waals surface area contributed by atoms with Crippen molar-refractivity contribution in [2.45, 2.75) is 26.0 Å². The molecular weight excluding hydrogens is 316 g/mol. The number of likely N-dealkylation sites (tertiary alicyclic amines) is 1. The van der Waals surface area contributed by atoms with Gasteiger partial charge < -0.3 is 14.2 Å². The zero-order valence-corrected chi connectivity index (χ0v) is 14.1. The van der Waals surface area contributed by atoms with E-state index >= 15 is 0 Å². The first-order valence-electron chi connectivity index (χ1n) is 8.47. The number of carbonyl (C=O) groups is 1. The minimum Gasteiger partial charge on any atom is -0.472 e. The molecule has 0 radical (unpaired) electrons. The number of fused-ring (bicyclic) bond motifs is 1. The molecule has 1 atom stereocenters. The minimum atomic E-state index is -0.00205. The standard InChI is InChI=1S/C19H20N4O2/c1-14-5-4-8-18(21-14)25-15-9-10-22(11-15)19(24)12-23-13-20-16-6-2-3-7-17(16)23/h2-8,13,15H,9-12H2,1H3. The third-order valence-corrected chi connectivity index (χ3v) is 4.48. The lowest BCUT2D eigenvalue weighted by Crippen LogP contribution is -2.33. The summed E-state index contributed by atoms with van der Waals surface area (Å²) in [6.45, 7) is 3.55. The molecule has 128 valence electrons. The molecule has 0 spiro atoms. The molecule has 1 aromatic carbocycles. The highest BCUT2D eigenvalue weighted by Gasteiger charge is 2.28. The van der Waals surface area contributed by atoms with Crippen LogP contribution in [0.4, 0.5) is 0 Å². The minimum absolute atomic E-state index is 0.00205. The van der Waals surface area contributed by atoms with Gasteiger partial charge in [0.25, 0.3) is 0 Å². The van der Waals surface area contributed by atoms with E-state index in [4.69, 9.17) is 4.74 Å². The van der Waals surface area contributed by atoms with Crippen LogP contribution in [0, 0.1) is 6.92 Å². The molecule has 0 aliphatic carbocycles. The maximum absolute atomic E-state index is 12.6. The van der Waals surface area contributed by atoms with Crippen molar-refractivity contribution >= 4 is 16.9 Å². The van der Waals surface area contributed by atoms with E-state index in [2.05, 4.69) is 9.97 Å². The fourth-order valence-electron chi connectivity index (χ4n) is 3.19. The van der Waals surface area contributed by atoms with Crippen LogP contribution in [0.5, 0.6) is 5.88 Å². The van der Waals surface area contributed by atoms with Crippen LogP contribution < -0.4 is 4.74 Å². The van der Waals surface area contributed by atoms with Gasteiger partial charge in [-0.1, -0.05) is 18.2 Å². The van der Waals surface area contributed by atoms with Gasteiger partial charge in [0, 0.05) is 24.7 Å². The monoisotopic (exact) mass is 336 g/mol. The first-order valence-corrected chi connectivity index (χ1v) is 8.47. The Kier molecular flexibility index (Phi) is 4.09. The maximum atomic E-state index is 12.6. The van der Waals surface area contributed by atoms with Crippen molar-refractivity contribution in [2.75, 3.05) is 13.1 Å². The summed E-state index contributed by atoms with van der Waals surface area (Å²) in [6, 6.07) is 13.6. The highest BCUT2D eigenvalue weighted by molar-refractivity contribution is 5.80. The highest BCUT2D eigenvalue weighted by Crippen LogP contribution is 2.18. The molecular formula is C19H20N4O2. The van der Waals surface area contributed by atoms with Crippen LogP contribution in [-0.4, -0.2) is 44.5 Å². The summed E-state index contributed by atoms with van der Waals surface area (Å²) in [5.74, 6) is 0.714. The fraction of sp³-hybridized carbons (Fsp3) is 0.316. The largest absolute Gasteiger partial charge is 0.472 e. The summed E-state index contributed by atoms with van der Waals surface area (Å²) in [7, 11) is 0. The average molecular weight is 336 g/mol. The molecule has 1 aliphatic heterocycles. The van der Waals surface area contributed by atoms with Gasteiger partial charge in [0.05, 0.1) is 23.9 Å². The van der Waals surface area contributed by atoms with E-state index in [1.165, 1.54) is 0 Å². The smallest absolute Gasteiger partial charge is 0.242 e. The van der Waals surface area contributed by atoms with Gasteiger partial charge in [-0.3, -0.25) is 4.79 Å².